The average molecular weight is 259 g/mol. The summed E-state index contributed by atoms with van der Waals surface area (Å²) < 4.78 is 27.8. The van der Waals surface area contributed by atoms with Crippen molar-refractivity contribution in [3.63, 3.8) is 0 Å². The molecule has 0 amide bonds. The Balaban J connectivity index is 3.27. The zero-order valence-corrected chi connectivity index (χ0v) is 10.7. The quantitative estimate of drug-likeness (QED) is 0.815. The Kier molecular flexibility index (Phi) is 3.88. The van der Waals surface area contributed by atoms with Crippen LogP contribution in [0.15, 0.2) is 23.1 Å². The minimum atomic E-state index is -3.23. The summed E-state index contributed by atoms with van der Waals surface area (Å²) >= 11 is 4.79. The zero-order valence-electron chi connectivity index (χ0n) is 9.06. The highest BCUT2D eigenvalue weighted by molar-refractivity contribution is 7.90. The van der Waals surface area contributed by atoms with E-state index in [1.165, 1.54) is 19.2 Å². The maximum atomic E-state index is 11.4. The van der Waals surface area contributed by atoms with E-state index in [1.807, 2.05) is 0 Å². The van der Waals surface area contributed by atoms with Crippen LogP contribution < -0.4 is 10.5 Å². The van der Waals surface area contributed by atoms with E-state index in [-0.39, 0.29) is 4.90 Å². The van der Waals surface area contributed by atoms with Crippen LogP contribution in [0.25, 0.3) is 0 Å². The molecule has 0 unspecified atom stereocenters. The van der Waals surface area contributed by atoms with Crippen molar-refractivity contribution in [2.45, 2.75) is 11.3 Å². The summed E-state index contributed by atoms with van der Waals surface area (Å²) in [6.07, 6.45) is 1.47. The van der Waals surface area contributed by atoms with Crippen LogP contribution in [0.2, 0.25) is 0 Å². The summed E-state index contributed by atoms with van der Waals surface area (Å²) in [5.41, 5.74) is 6.11. The second kappa shape index (κ2) is 4.80. The number of rotatable bonds is 4. The molecule has 1 aromatic carbocycles. The van der Waals surface area contributed by atoms with Crippen molar-refractivity contribution < 1.29 is 13.2 Å². The molecular formula is C10H13NO3S2. The molecule has 0 aliphatic rings. The van der Waals surface area contributed by atoms with Crippen LogP contribution in [0.3, 0.4) is 0 Å². The number of hydrogen-bond donors (Lipinski definition) is 1. The molecular weight excluding hydrogens is 246 g/mol. The van der Waals surface area contributed by atoms with E-state index in [1.54, 1.807) is 6.07 Å². The standard InChI is InChI=1S/C10H13NO3S2/c1-14-9-4-3-8(16(2,12)13)5-7(9)6-10(11)15/h3-5H,6H2,1-2H3,(H2,11,15). The minimum absolute atomic E-state index is 0.236. The van der Waals surface area contributed by atoms with Crippen molar-refractivity contribution in [3.8, 4) is 5.75 Å². The number of thiocarbonyl (C=S) groups is 1. The molecule has 1 rings (SSSR count). The van der Waals surface area contributed by atoms with Gasteiger partial charge in [-0.1, -0.05) is 12.2 Å². The molecule has 0 radical (unpaired) electrons. The number of benzene rings is 1. The molecule has 2 N–H and O–H groups in total. The van der Waals surface area contributed by atoms with Gasteiger partial charge in [-0.25, -0.2) is 8.42 Å². The Morgan fingerprint density at radius 2 is 2.12 bits per heavy atom. The van der Waals surface area contributed by atoms with Gasteiger partial charge >= 0.3 is 0 Å². The smallest absolute Gasteiger partial charge is 0.175 e. The Hall–Kier alpha value is -1.14. The van der Waals surface area contributed by atoms with E-state index in [4.69, 9.17) is 22.7 Å². The summed E-state index contributed by atoms with van der Waals surface area (Å²) in [5.74, 6) is 0.584. The highest BCUT2D eigenvalue weighted by Crippen LogP contribution is 2.22. The van der Waals surface area contributed by atoms with Crippen molar-refractivity contribution >= 4 is 27.0 Å². The molecule has 88 valence electrons. The maximum absolute atomic E-state index is 11.4. The van der Waals surface area contributed by atoms with Gasteiger partial charge in [0, 0.05) is 18.2 Å². The third kappa shape index (κ3) is 3.18. The van der Waals surface area contributed by atoms with Crippen molar-refractivity contribution in [1.82, 2.24) is 0 Å². The van der Waals surface area contributed by atoms with Gasteiger partial charge in [0.25, 0.3) is 0 Å². The molecule has 0 aliphatic heterocycles. The average Bonchev–Trinajstić information content (AvgIpc) is 2.15. The number of hydrogen-bond acceptors (Lipinski definition) is 4. The molecule has 4 nitrogen and oxygen atoms in total. The molecule has 0 bridgehead atoms. The largest absolute Gasteiger partial charge is 0.496 e. The summed E-state index contributed by atoms with van der Waals surface area (Å²) in [5, 5.41) is 0. The van der Waals surface area contributed by atoms with Crippen LogP contribution >= 0.6 is 12.2 Å². The van der Waals surface area contributed by atoms with Crippen LogP contribution in [0.4, 0.5) is 0 Å². The molecule has 0 aliphatic carbocycles. The van der Waals surface area contributed by atoms with Gasteiger partial charge < -0.3 is 10.5 Å². The Bertz CT molecular complexity index is 509. The van der Waals surface area contributed by atoms with E-state index in [9.17, 15) is 8.42 Å². The summed E-state index contributed by atoms with van der Waals surface area (Å²) in [4.78, 5) is 0.531. The normalized spacial score (nSPS) is 11.1. The van der Waals surface area contributed by atoms with Gasteiger partial charge in [0.05, 0.1) is 17.0 Å². The summed E-state index contributed by atoms with van der Waals surface area (Å²) in [6, 6.07) is 4.63. The van der Waals surface area contributed by atoms with Crippen molar-refractivity contribution in [3.05, 3.63) is 23.8 Å². The molecule has 1 aromatic rings. The molecule has 0 heterocycles. The number of methoxy groups -OCH3 is 1. The predicted octanol–water partition coefficient (Wildman–Crippen LogP) is 0.927. The topological polar surface area (TPSA) is 69.4 Å². The van der Waals surface area contributed by atoms with E-state index in [2.05, 4.69) is 0 Å². The number of nitrogens with two attached hydrogens (primary N) is 1. The van der Waals surface area contributed by atoms with E-state index >= 15 is 0 Å². The fourth-order valence-corrected chi connectivity index (χ4v) is 2.14. The SMILES string of the molecule is COc1ccc(S(C)(=O)=O)cc1CC(N)=S. The second-order valence-corrected chi connectivity index (χ2v) is 5.93. The first-order valence-electron chi connectivity index (χ1n) is 4.50. The van der Waals surface area contributed by atoms with Crippen LogP contribution in [0.1, 0.15) is 5.56 Å². The Morgan fingerprint density at radius 3 is 2.56 bits per heavy atom. The molecule has 0 saturated carbocycles. The molecule has 0 spiro atoms. The van der Waals surface area contributed by atoms with Gasteiger partial charge in [-0.15, -0.1) is 0 Å². The second-order valence-electron chi connectivity index (χ2n) is 3.39. The third-order valence-corrected chi connectivity index (χ3v) is 3.30. The highest BCUT2D eigenvalue weighted by atomic mass is 32.2. The lowest BCUT2D eigenvalue weighted by atomic mass is 10.1. The fourth-order valence-electron chi connectivity index (χ4n) is 1.31. The van der Waals surface area contributed by atoms with Gasteiger partial charge in [0.15, 0.2) is 9.84 Å². The monoisotopic (exact) mass is 259 g/mol. The van der Waals surface area contributed by atoms with Gasteiger partial charge in [0.2, 0.25) is 0 Å². The van der Waals surface area contributed by atoms with Crippen LogP contribution in [0.5, 0.6) is 5.75 Å². The molecule has 0 aromatic heterocycles. The Morgan fingerprint density at radius 1 is 1.50 bits per heavy atom. The van der Waals surface area contributed by atoms with E-state index in [0.29, 0.717) is 22.7 Å². The van der Waals surface area contributed by atoms with Crippen LogP contribution in [-0.2, 0) is 16.3 Å². The fraction of sp³-hybridized carbons (Fsp3) is 0.300. The van der Waals surface area contributed by atoms with Crippen molar-refractivity contribution in [2.75, 3.05) is 13.4 Å². The number of sulfone groups is 1. The highest BCUT2D eigenvalue weighted by Gasteiger charge is 2.11. The summed E-state index contributed by atoms with van der Waals surface area (Å²) in [6.45, 7) is 0. The molecule has 0 saturated heterocycles. The first-order chi connectivity index (χ1) is 7.34. The first-order valence-corrected chi connectivity index (χ1v) is 6.80. The molecule has 6 heteroatoms. The predicted molar refractivity (Wildman–Crippen MR) is 66.6 cm³/mol. The lowest BCUT2D eigenvalue weighted by Gasteiger charge is -2.09. The van der Waals surface area contributed by atoms with E-state index in [0.717, 1.165) is 6.26 Å². The number of ether oxygens (including phenoxy) is 1. The van der Waals surface area contributed by atoms with Gasteiger partial charge in [-0.3, -0.25) is 0 Å². The minimum Gasteiger partial charge on any atom is -0.496 e. The van der Waals surface area contributed by atoms with Gasteiger partial charge in [-0.2, -0.15) is 0 Å². The van der Waals surface area contributed by atoms with Crippen LogP contribution in [0, 0.1) is 0 Å². The zero-order chi connectivity index (χ0) is 12.3. The molecule has 0 fully saturated rings. The van der Waals surface area contributed by atoms with Gasteiger partial charge in [-0.05, 0) is 18.2 Å². The lowest BCUT2D eigenvalue weighted by molar-refractivity contribution is 0.410. The maximum Gasteiger partial charge on any atom is 0.175 e. The molecule has 16 heavy (non-hydrogen) atoms. The van der Waals surface area contributed by atoms with E-state index < -0.39 is 9.84 Å². The third-order valence-electron chi connectivity index (χ3n) is 2.04. The van der Waals surface area contributed by atoms with Gasteiger partial charge in [0.1, 0.15) is 5.75 Å². The molecule has 0 atom stereocenters. The first kappa shape index (κ1) is 12.9. The summed E-state index contributed by atoms with van der Waals surface area (Å²) in [7, 11) is -1.71. The lowest BCUT2D eigenvalue weighted by Crippen LogP contribution is -2.12. The van der Waals surface area contributed by atoms with Crippen molar-refractivity contribution in [2.24, 2.45) is 5.73 Å². The Labute approximate surface area is 100 Å². The van der Waals surface area contributed by atoms with Crippen LogP contribution in [-0.4, -0.2) is 26.8 Å². The van der Waals surface area contributed by atoms with Crippen molar-refractivity contribution in [1.29, 1.82) is 0 Å².